The number of primary amides is 1. The Bertz CT molecular complexity index is 1220. The van der Waals surface area contributed by atoms with E-state index in [0.29, 0.717) is 11.8 Å². The van der Waals surface area contributed by atoms with E-state index in [0.717, 1.165) is 0 Å². The fourth-order valence-corrected chi connectivity index (χ4v) is 4.01. The van der Waals surface area contributed by atoms with E-state index in [4.69, 9.17) is 15.2 Å². The van der Waals surface area contributed by atoms with Gasteiger partial charge in [0.05, 0.1) is 5.56 Å². The van der Waals surface area contributed by atoms with Crippen LogP contribution >= 0.6 is 24.4 Å². The second-order valence-corrected chi connectivity index (χ2v) is 8.85. The molecule has 0 bridgehead atoms. The van der Waals surface area contributed by atoms with Crippen molar-refractivity contribution in [2.75, 3.05) is 11.5 Å². The Morgan fingerprint density at radius 3 is 1.70 bits per heavy atom. The van der Waals surface area contributed by atoms with E-state index in [1.54, 1.807) is 12.1 Å². The highest BCUT2D eigenvalue weighted by molar-refractivity contribution is 8.14. The molecular weight excluding hydrogens is 594 g/mol. The highest BCUT2D eigenvalue weighted by Gasteiger charge is 2.25. The fraction of sp³-hybridized carbons (Fsp3) is 0.333. The van der Waals surface area contributed by atoms with Crippen LogP contribution in [0.25, 0.3) is 0 Å². The zero-order chi connectivity index (χ0) is 33.5. The predicted molar refractivity (Wildman–Crippen MR) is 172 cm³/mol. The minimum absolute atomic E-state index is 0.0298. The van der Waals surface area contributed by atoms with Crippen molar-refractivity contribution in [1.82, 2.24) is 10.6 Å². The monoisotopic (exact) mass is 635 g/mol. The van der Waals surface area contributed by atoms with Crippen molar-refractivity contribution in [3.8, 4) is 11.5 Å². The van der Waals surface area contributed by atoms with Crippen LogP contribution in [0.5, 0.6) is 11.5 Å². The Morgan fingerprint density at radius 2 is 1.23 bits per heavy atom. The number of esters is 2. The zero-order valence-corrected chi connectivity index (χ0v) is 27.0. The summed E-state index contributed by atoms with van der Waals surface area (Å²) in [6.45, 7) is 16.4. The smallest absolute Gasteiger partial charge is 0.347 e. The van der Waals surface area contributed by atoms with Crippen molar-refractivity contribution in [3.63, 3.8) is 0 Å². The zero-order valence-electron chi connectivity index (χ0n) is 25.3. The van der Waals surface area contributed by atoms with Crippen molar-refractivity contribution < 1.29 is 38.2 Å². The van der Waals surface area contributed by atoms with Crippen LogP contribution < -0.4 is 25.8 Å². The van der Waals surface area contributed by atoms with E-state index in [1.165, 1.54) is 50.2 Å². The maximum Gasteiger partial charge on any atom is 0.347 e. The van der Waals surface area contributed by atoms with Gasteiger partial charge in [0.15, 0.2) is 0 Å². The molecule has 2 rings (SSSR count). The van der Waals surface area contributed by atoms with Gasteiger partial charge in [-0.25, -0.2) is 9.59 Å². The van der Waals surface area contributed by atoms with Crippen LogP contribution in [0.3, 0.4) is 0 Å². The molecule has 2 aromatic rings. The van der Waals surface area contributed by atoms with Crippen LogP contribution in [0.1, 0.15) is 62.3 Å². The number of thioether (sulfide) groups is 1. The van der Waals surface area contributed by atoms with E-state index in [9.17, 15) is 28.8 Å². The summed E-state index contributed by atoms with van der Waals surface area (Å²) in [7, 11) is 0. The molecule has 13 heteroatoms. The highest BCUT2D eigenvalue weighted by atomic mass is 32.2. The average Bonchev–Trinajstić information content (AvgIpc) is 3.00. The summed E-state index contributed by atoms with van der Waals surface area (Å²) in [4.78, 5) is 72.3. The number of carbonyl (C=O) groups is 6. The first kappa shape index (κ1) is 41.0. The van der Waals surface area contributed by atoms with Gasteiger partial charge in [0.1, 0.15) is 29.1 Å². The van der Waals surface area contributed by atoms with Crippen LogP contribution in [0.2, 0.25) is 0 Å². The Morgan fingerprint density at radius 1 is 0.791 bits per heavy atom. The molecule has 0 saturated heterocycles. The van der Waals surface area contributed by atoms with Gasteiger partial charge in [0.25, 0.3) is 0 Å². The lowest BCUT2D eigenvalue weighted by Gasteiger charge is -2.16. The third kappa shape index (κ3) is 15.1. The molecule has 43 heavy (non-hydrogen) atoms. The summed E-state index contributed by atoms with van der Waals surface area (Å²) in [5.74, 6) is -3.85. The number of rotatable bonds is 11. The standard InChI is InChI=1S/C24H25N3O8S2.2C2H6.C2H4/c1-13(28)26-17(11-36)23(32)35-19-9-5-3-7-15(19)22(31)34-20-10-6-4-8-16(20)24(33)37-12-18(21(25)30)27-14(2)29;3*1-2/h3-10,17-18,36H,11-12H2,1-2H3,(H2,25,30)(H,26,28)(H,27,29);2*1-2H3;1-2H2. The van der Waals surface area contributed by atoms with E-state index >= 15 is 0 Å². The molecule has 11 nitrogen and oxygen atoms in total. The van der Waals surface area contributed by atoms with E-state index in [2.05, 4.69) is 36.4 Å². The molecule has 0 saturated carbocycles. The van der Waals surface area contributed by atoms with E-state index < -0.39 is 46.9 Å². The lowest BCUT2D eigenvalue weighted by atomic mass is 10.2. The molecule has 2 unspecified atom stereocenters. The minimum atomic E-state index is -1.07. The SMILES string of the molecule is C=C.CC.CC.CC(=O)NC(CSC(=O)c1ccccc1OC(=O)c1ccccc1OC(=O)C(CS)NC(C)=O)C(N)=O. The van der Waals surface area contributed by atoms with Gasteiger partial charge in [-0.3, -0.25) is 19.2 Å². The molecular formula is C30H41N3O8S2. The number of nitrogens with one attached hydrogen (secondary N) is 2. The summed E-state index contributed by atoms with van der Waals surface area (Å²) in [5.41, 5.74) is 5.19. The molecule has 0 spiro atoms. The Balaban J connectivity index is 0. The normalized spacial score (nSPS) is 10.7. The first-order valence-electron chi connectivity index (χ1n) is 13.3. The molecule has 2 aromatic carbocycles. The summed E-state index contributed by atoms with van der Waals surface area (Å²) in [6.07, 6.45) is 0. The van der Waals surface area contributed by atoms with Crippen LogP contribution in [-0.2, 0) is 19.2 Å². The van der Waals surface area contributed by atoms with Crippen LogP contribution in [-0.4, -0.2) is 58.4 Å². The van der Waals surface area contributed by atoms with Crippen molar-refractivity contribution in [2.45, 2.75) is 53.6 Å². The fourth-order valence-electron chi connectivity index (χ4n) is 2.88. The molecule has 236 valence electrons. The van der Waals surface area contributed by atoms with Crippen LogP contribution in [0.15, 0.2) is 61.7 Å². The lowest BCUT2D eigenvalue weighted by Crippen LogP contribution is -2.45. The Kier molecular flexibility index (Phi) is 22.4. The van der Waals surface area contributed by atoms with Gasteiger partial charge in [0, 0.05) is 25.4 Å². The largest absolute Gasteiger partial charge is 0.424 e. The van der Waals surface area contributed by atoms with E-state index in [1.807, 2.05) is 27.7 Å². The van der Waals surface area contributed by atoms with E-state index in [-0.39, 0.29) is 34.1 Å². The van der Waals surface area contributed by atoms with Crippen LogP contribution in [0, 0.1) is 0 Å². The molecule has 0 fully saturated rings. The predicted octanol–water partition coefficient (Wildman–Crippen LogP) is 3.96. The van der Waals surface area contributed by atoms with Crippen molar-refractivity contribution >= 4 is 59.2 Å². The number of thiol groups is 1. The summed E-state index contributed by atoms with van der Waals surface area (Å²) >= 11 is 4.74. The molecule has 2 atom stereocenters. The summed E-state index contributed by atoms with van der Waals surface area (Å²) in [6, 6.07) is 9.61. The van der Waals surface area contributed by atoms with Gasteiger partial charge in [-0.05, 0) is 24.3 Å². The molecule has 0 aliphatic heterocycles. The van der Waals surface area contributed by atoms with Gasteiger partial charge < -0.3 is 25.8 Å². The first-order chi connectivity index (χ1) is 20.5. The number of carbonyl (C=O) groups excluding carboxylic acids is 6. The lowest BCUT2D eigenvalue weighted by molar-refractivity contribution is -0.138. The number of hydrogen-bond donors (Lipinski definition) is 4. The van der Waals surface area contributed by atoms with Gasteiger partial charge in [-0.15, -0.1) is 13.2 Å². The molecule has 0 aliphatic rings. The highest BCUT2D eigenvalue weighted by Crippen LogP contribution is 2.27. The van der Waals surface area contributed by atoms with Gasteiger partial charge in [0.2, 0.25) is 22.8 Å². The summed E-state index contributed by atoms with van der Waals surface area (Å²) < 4.78 is 10.7. The third-order valence-electron chi connectivity index (χ3n) is 4.57. The topological polar surface area (TPSA) is 171 Å². The molecule has 0 aromatic heterocycles. The second kappa shape index (κ2) is 23.5. The maximum atomic E-state index is 13.0. The number of nitrogens with two attached hydrogens (primary N) is 1. The summed E-state index contributed by atoms with van der Waals surface area (Å²) in [5, 5.41) is 4.22. The van der Waals surface area contributed by atoms with Gasteiger partial charge in [-0.2, -0.15) is 12.6 Å². The van der Waals surface area contributed by atoms with Gasteiger partial charge >= 0.3 is 11.9 Å². The third-order valence-corrected chi connectivity index (χ3v) is 5.92. The Labute approximate surface area is 262 Å². The van der Waals surface area contributed by atoms with Crippen molar-refractivity contribution in [1.29, 1.82) is 0 Å². The van der Waals surface area contributed by atoms with Gasteiger partial charge in [-0.1, -0.05) is 63.7 Å². The van der Waals surface area contributed by atoms with Crippen LogP contribution in [0.4, 0.5) is 0 Å². The number of ether oxygens (including phenoxy) is 2. The second-order valence-electron chi connectivity index (χ2n) is 7.49. The number of hydrogen-bond acceptors (Lipinski definition) is 10. The number of benzene rings is 2. The molecule has 0 radical (unpaired) electrons. The quantitative estimate of drug-likeness (QED) is 0.123. The number of para-hydroxylation sites is 2. The molecule has 0 aliphatic carbocycles. The van der Waals surface area contributed by atoms with Crippen molar-refractivity contribution in [3.05, 3.63) is 72.8 Å². The minimum Gasteiger partial charge on any atom is -0.424 e. The number of amides is 3. The molecule has 0 heterocycles. The average molecular weight is 636 g/mol. The molecule has 3 amide bonds. The Hall–Kier alpha value is -4.10. The maximum absolute atomic E-state index is 13.0. The molecule has 4 N–H and O–H groups in total. The van der Waals surface area contributed by atoms with Crippen molar-refractivity contribution in [2.24, 2.45) is 5.73 Å². The first-order valence-corrected chi connectivity index (χ1v) is 14.9.